The molecule has 0 bridgehead atoms. The number of rotatable bonds is 4. The number of nitrogens with one attached hydrogen (secondary N) is 1. The van der Waals surface area contributed by atoms with Crippen LogP contribution in [0.5, 0.6) is 0 Å². The van der Waals surface area contributed by atoms with Crippen LogP contribution in [0.4, 0.5) is 11.4 Å². The fourth-order valence-corrected chi connectivity index (χ4v) is 3.62. The van der Waals surface area contributed by atoms with E-state index >= 15 is 0 Å². The van der Waals surface area contributed by atoms with Crippen LogP contribution in [0, 0.1) is 5.92 Å². The molecule has 2 aliphatic rings. The molecule has 1 aliphatic heterocycles. The average Bonchev–Trinajstić information content (AvgIpc) is 3.15. The predicted octanol–water partition coefficient (Wildman–Crippen LogP) is 3.42. The lowest BCUT2D eigenvalue weighted by Gasteiger charge is -2.29. The molecule has 0 radical (unpaired) electrons. The number of carbonyl (C=O) groups excluding carboxylic acids is 1. The van der Waals surface area contributed by atoms with E-state index in [1.807, 2.05) is 65.7 Å². The Labute approximate surface area is 136 Å². The Bertz CT molecular complexity index is 635. The third kappa shape index (κ3) is 2.70. The number of para-hydroxylation sites is 2. The van der Waals surface area contributed by atoms with Crippen LogP contribution in [-0.4, -0.2) is 18.1 Å². The van der Waals surface area contributed by atoms with Gasteiger partial charge in [0.1, 0.15) is 12.1 Å². The Morgan fingerprint density at radius 2 is 1.52 bits per heavy atom. The van der Waals surface area contributed by atoms with Crippen LogP contribution in [-0.2, 0) is 9.53 Å². The van der Waals surface area contributed by atoms with Crippen LogP contribution in [0.1, 0.15) is 19.3 Å². The highest BCUT2D eigenvalue weighted by molar-refractivity contribution is 5.80. The summed E-state index contributed by atoms with van der Waals surface area (Å²) >= 11 is 0. The summed E-state index contributed by atoms with van der Waals surface area (Å²) < 4.78 is 5.54. The van der Waals surface area contributed by atoms with Gasteiger partial charge in [0.05, 0.1) is 11.4 Å². The van der Waals surface area contributed by atoms with Crippen molar-refractivity contribution in [3.63, 3.8) is 0 Å². The van der Waals surface area contributed by atoms with Crippen LogP contribution >= 0.6 is 0 Å². The van der Waals surface area contributed by atoms with E-state index in [9.17, 15) is 4.79 Å². The maximum atomic E-state index is 12.3. The van der Waals surface area contributed by atoms with E-state index < -0.39 is 0 Å². The lowest BCUT2D eigenvalue weighted by Crippen LogP contribution is -2.47. The highest BCUT2D eigenvalue weighted by atomic mass is 16.6. The van der Waals surface area contributed by atoms with Gasteiger partial charge in [-0.1, -0.05) is 36.4 Å². The standard InChI is InChI=1S/C19H20N2O2/c22-19-18(16-12-7-13-17(16)23-19)20-21(14-8-3-1-4-9-14)15-10-5-2-6-11-15/h1-6,8-11,16-18,20H,7,12-13H2/t16-,17+,18+/m1/s1. The molecule has 4 rings (SSSR count). The number of esters is 1. The normalized spacial score (nSPS) is 25.9. The maximum absolute atomic E-state index is 12.3. The second-order valence-electron chi connectivity index (χ2n) is 6.18. The third-order valence-electron chi connectivity index (χ3n) is 4.75. The Morgan fingerprint density at radius 1 is 0.913 bits per heavy atom. The Hall–Kier alpha value is -2.33. The van der Waals surface area contributed by atoms with E-state index in [-0.39, 0.29) is 24.0 Å². The Morgan fingerprint density at radius 3 is 2.13 bits per heavy atom. The summed E-state index contributed by atoms with van der Waals surface area (Å²) in [7, 11) is 0. The van der Waals surface area contributed by atoms with E-state index in [0.717, 1.165) is 30.6 Å². The van der Waals surface area contributed by atoms with Gasteiger partial charge < -0.3 is 4.74 Å². The third-order valence-corrected chi connectivity index (χ3v) is 4.75. The van der Waals surface area contributed by atoms with Gasteiger partial charge in [0.25, 0.3) is 0 Å². The molecular weight excluding hydrogens is 288 g/mol. The topological polar surface area (TPSA) is 41.6 Å². The molecule has 3 atom stereocenters. The van der Waals surface area contributed by atoms with Crippen LogP contribution in [0.15, 0.2) is 60.7 Å². The van der Waals surface area contributed by atoms with Crippen molar-refractivity contribution in [1.82, 2.24) is 5.43 Å². The minimum absolute atomic E-state index is 0.0911. The van der Waals surface area contributed by atoms with Crippen molar-refractivity contribution < 1.29 is 9.53 Å². The zero-order valence-electron chi connectivity index (χ0n) is 12.9. The highest BCUT2D eigenvalue weighted by Gasteiger charge is 2.47. The summed E-state index contributed by atoms with van der Waals surface area (Å²) in [4.78, 5) is 12.3. The Kier molecular flexibility index (Phi) is 3.75. The molecule has 1 saturated heterocycles. The summed E-state index contributed by atoms with van der Waals surface area (Å²) in [5, 5.41) is 1.99. The first kappa shape index (κ1) is 14.3. The lowest BCUT2D eigenvalue weighted by atomic mass is 10.00. The number of nitrogens with zero attached hydrogens (tertiary/aromatic N) is 1. The van der Waals surface area contributed by atoms with Crippen LogP contribution in [0.2, 0.25) is 0 Å². The Balaban J connectivity index is 1.65. The molecule has 0 spiro atoms. The van der Waals surface area contributed by atoms with Crippen molar-refractivity contribution in [2.75, 3.05) is 5.01 Å². The van der Waals surface area contributed by atoms with Crippen molar-refractivity contribution in [3.05, 3.63) is 60.7 Å². The molecule has 1 heterocycles. The van der Waals surface area contributed by atoms with E-state index in [2.05, 4.69) is 5.43 Å². The molecule has 4 heteroatoms. The van der Waals surface area contributed by atoms with Gasteiger partial charge in [-0.25, -0.2) is 5.43 Å². The highest BCUT2D eigenvalue weighted by Crippen LogP contribution is 2.37. The predicted molar refractivity (Wildman–Crippen MR) is 89.2 cm³/mol. The number of ether oxygens (including phenoxy) is 1. The largest absolute Gasteiger partial charge is 0.461 e. The van der Waals surface area contributed by atoms with Gasteiger partial charge in [0.15, 0.2) is 0 Å². The van der Waals surface area contributed by atoms with E-state index in [0.29, 0.717) is 0 Å². The number of hydrazine groups is 1. The molecule has 0 amide bonds. The summed E-state index contributed by atoms with van der Waals surface area (Å²) in [5.74, 6) is 0.147. The molecule has 2 aromatic carbocycles. The zero-order chi connectivity index (χ0) is 15.6. The average molecular weight is 308 g/mol. The lowest BCUT2D eigenvalue weighted by molar-refractivity contribution is -0.143. The van der Waals surface area contributed by atoms with Gasteiger partial charge in [-0.15, -0.1) is 0 Å². The number of fused-ring (bicyclic) bond motifs is 1. The number of carbonyl (C=O) groups is 1. The molecule has 1 aliphatic carbocycles. The van der Waals surface area contributed by atoms with Gasteiger partial charge in [-0.3, -0.25) is 9.80 Å². The first-order valence-corrected chi connectivity index (χ1v) is 8.20. The maximum Gasteiger partial charge on any atom is 0.325 e. The summed E-state index contributed by atoms with van der Waals surface area (Å²) in [6.45, 7) is 0. The van der Waals surface area contributed by atoms with Crippen molar-refractivity contribution in [3.8, 4) is 0 Å². The van der Waals surface area contributed by atoms with Crippen LogP contribution < -0.4 is 10.4 Å². The fraction of sp³-hybridized carbons (Fsp3) is 0.316. The van der Waals surface area contributed by atoms with Gasteiger partial charge >= 0.3 is 5.97 Å². The second-order valence-corrected chi connectivity index (χ2v) is 6.18. The van der Waals surface area contributed by atoms with Gasteiger partial charge in [0.2, 0.25) is 0 Å². The van der Waals surface area contributed by atoms with Crippen LogP contribution in [0.25, 0.3) is 0 Å². The molecule has 2 aromatic rings. The quantitative estimate of drug-likeness (QED) is 0.694. The fourth-order valence-electron chi connectivity index (χ4n) is 3.62. The SMILES string of the molecule is O=C1O[C@H]2CCC[C@H]2[C@@H]1NN(c1ccccc1)c1ccccc1. The molecule has 23 heavy (non-hydrogen) atoms. The van der Waals surface area contributed by atoms with E-state index in [1.165, 1.54) is 0 Å². The number of hydrogen-bond donors (Lipinski definition) is 1. The first-order chi connectivity index (χ1) is 11.3. The van der Waals surface area contributed by atoms with Crippen LogP contribution in [0.3, 0.4) is 0 Å². The van der Waals surface area contributed by atoms with Crippen molar-refractivity contribution in [2.45, 2.75) is 31.4 Å². The molecule has 0 aromatic heterocycles. The van der Waals surface area contributed by atoms with Gasteiger partial charge in [-0.05, 0) is 43.5 Å². The molecule has 0 unspecified atom stereocenters. The van der Waals surface area contributed by atoms with E-state index in [1.54, 1.807) is 0 Å². The molecule has 2 fully saturated rings. The summed E-state index contributed by atoms with van der Waals surface area (Å²) in [6, 6.07) is 19.8. The van der Waals surface area contributed by atoms with Crippen molar-refractivity contribution in [2.24, 2.45) is 5.92 Å². The molecular formula is C19H20N2O2. The van der Waals surface area contributed by atoms with Crippen molar-refractivity contribution >= 4 is 17.3 Å². The molecule has 4 nitrogen and oxygen atoms in total. The summed E-state index contributed by atoms with van der Waals surface area (Å²) in [6.07, 6.45) is 3.27. The zero-order valence-corrected chi connectivity index (χ0v) is 12.9. The molecule has 118 valence electrons. The minimum Gasteiger partial charge on any atom is -0.461 e. The monoisotopic (exact) mass is 308 g/mol. The molecule has 1 saturated carbocycles. The molecule has 1 N–H and O–H groups in total. The number of hydrogen-bond acceptors (Lipinski definition) is 4. The second kappa shape index (κ2) is 6.05. The summed E-state index contributed by atoms with van der Waals surface area (Å²) in [5.41, 5.74) is 5.44. The number of benzene rings is 2. The van der Waals surface area contributed by atoms with Crippen molar-refractivity contribution in [1.29, 1.82) is 0 Å². The van der Waals surface area contributed by atoms with Gasteiger partial charge in [0, 0.05) is 5.92 Å². The number of anilines is 2. The minimum atomic E-state index is -0.275. The van der Waals surface area contributed by atoms with Gasteiger partial charge in [-0.2, -0.15) is 0 Å². The van der Waals surface area contributed by atoms with E-state index in [4.69, 9.17) is 4.74 Å². The smallest absolute Gasteiger partial charge is 0.325 e. The first-order valence-electron chi connectivity index (χ1n) is 8.20.